The highest BCUT2D eigenvalue weighted by molar-refractivity contribution is 7.92. The molecule has 0 unspecified atom stereocenters. The molecule has 0 saturated heterocycles. The van der Waals surface area contributed by atoms with Gasteiger partial charge in [-0.2, -0.15) is 0 Å². The average Bonchev–Trinajstić information content (AvgIpc) is 3.20. The van der Waals surface area contributed by atoms with E-state index in [0.717, 1.165) is 26.1 Å². The van der Waals surface area contributed by atoms with Crippen LogP contribution in [0, 0.1) is 0 Å². The summed E-state index contributed by atoms with van der Waals surface area (Å²) >= 11 is 0. The van der Waals surface area contributed by atoms with Gasteiger partial charge in [-0.15, -0.1) is 0 Å². The van der Waals surface area contributed by atoms with Gasteiger partial charge < -0.3 is 47.4 Å². The molecule has 16 nitrogen and oxygen atoms in total. The lowest BCUT2D eigenvalue weighted by Crippen LogP contribution is -2.19. The van der Waals surface area contributed by atoms with Crippen molar-refractivity contribution >= 4 is 27.8 Å². The van der Waals surface area contributed by atoms with Crippen LogP contribution in [0.5, 0.6) is 11.5 Å². The summed E-state index contributed by atoms with van der Waals surface area (Å²) in [4.78, 5) is 10.5. The minimum absolute atomic E-state index is 0.0267. The first kappa shape index (κ1) is 48.9. The predicted octanol–water partition coefficient (Wildman–Crippen LogP) is 4.83. The van der Waals surface area contributed by atoms with Crippen LogP contribution in [0.1, 0.15) is 52.4 Å². The molecule has 0 aliphatic heterocycles. The number of carbonyl (C=O) groups excluding carboxylic acids is 1. The molecule has 0 fully saturated rings. The van der Waals surface area contributed by atoms with Gasteiger partial charge >= 0.3 is 0 Å². The molecule has 0 heterocycles. The number of benzene rings is 2. The lowest BCUT2D eigenvalue weighted by atomic mass is 10.3. The number of hydrazine groups is 1. The van der Waals surface area contributed by atoms with Crippen LogP contribution in [0.15, 0.2) is 47.4 Å². The van der Waals surface area contributed by atoms with E-state index in [2.05, 4.69) is 29.4 Å². The molecule has 0 saturated carbocycles. The van der Waals surface area contributed by atoms with Crippen molar-refractivity contribution < 1.29 is 60.6 Å². The summed E-state index contributed by atoms with van der Waals surface area (Å²) in [6.45, 7) is 12.4. The van der Waals surface area contributed by atoms with E-state index in [1.807, 2.05) is 0 Å². The quantitative estimate of drug-likeness (QED) is 0.0473. The van der Waals surface area contributed by atoms with Crippen LogP contribution >= 0.6 is 0 Å². The molecule has 2 aromatic rings. The fourth-order valence-corrected chi connectivity index (χ4v) is 5.76. The summed E-state index contributed by atoms with van der Waals surface area (Å²) < 4.78 is 85.4. The number of hydrogen-bond donors (Lipinski definition) is 3. The van der Waals surface area contributed by atoms with Gasteiger partial charge in [0, 0.05) is 25.0 Å². The van der Waals surface area contributed by atoms with E-state index in [0.29, 0.717) is 103 Å². The van der Waals surface area contributed by atoms with E-state index in [1.165, 1.54) is 43.9 Å². The van der Waals surface area contributed by atoms with Crippen LogP contribution in [0.3, 0.4) is 0 Å². The minimum atomic E-state index is -3.99. The number of sulfonamides is 1. The maximum absolute atomic E-state index is 13.3. The molecule has 2 aromatic carbocycles. The lowest BCUT2D eigenvalue weighted by Gasteiger charge is -2.15. The van der Waals surface area contributed by atoms with Gasteiger partial charge in [0.1, 0.15) is 13.2 Å². The molecule has 320 valence electrons. The first-order chi connectivity index (χ1) is 27.5. The van der Waals surface area contributed by atoms with Crippen molar-refractivity contribution in [3.63, 3.8) is 0 Å². The molecular weight excluding hydrogens is 751 g/mol. The van der Waals surface area contributed by atoms with Crippen LogP contribution < -0.4 is 25.0 Å². The molecule has 0 bridgehead atoms. The van der Waals surface area contributed by atoms with Crippen molar-refractivity contribution in [1.82, 2.24) is 5.43 Å². The SMILES string of the molecule is CCCCCOCCOCCOCCOCCOc1ccc(S(=O)(=O)Nc2ccc(NNC=O)cc2)cc1OCCOCCOCCOCCOCCCCC. The summed E-state index contributed by atoms with van der Waals surface area (Å²) in [5, 5.41) is 0. The third kappa shape index (κ3) is 25.1. The lowest BCUT2D eigenvalue weighted by molar-refractivity contribution is -0.109. The maximum atomic E-state index is 13.3. The number of carbonyl (C=O) groups is 1. The third-order valence-corrected chi connectivity index (χ3v) is 9.00. The van der Waals surface area contributed by atoms with Gasteiger partial charge in [0.25, 0.3) is 10.0 Å². The molecule has 0 aliphatic carbocycles. The summed E-state index contributed by atoms with van der Waals surface area (Å²) in [5.74, 6) is 0.580. The summed E-state index contributed by atoms with van der Waals surface area (Å²) in [7, 11) is -3.99. The highest BCUT2D eigenvalue weighted by Crippen LogP contribution is 2.31. The molecule has 0 radical (unpaired) electrons. The molecule has 1 amide bonds. The van der Waals surface area contributed by atoms with E-state index in [9.17, 15) is 13.2 Å². The maximum Gasteiger partial charge on any atom is 0.262 e. The van der Waals surface area contributed by atoms with Gasteiger partial charge in [-0.25, -0.2) is 8.42 Å². The van der Waals surface area contributed by atoms with E-state index in [4.69, 9.17) is 47.4 Å². The summed E-state index contributed by atoms with van der Waals surface area (Å²) in [6, 6.07) is 10.7. The zero-order chi connectivity index (χ0) is 40.2. The van der Waals surface area contributed by atoms with Crippen molar-refractivity contribution in [2.24, 2.45) is 0 Å². The van der Waals surface area contributed by atoms with E-state index >= 15 is 0 Å². The molecule has 0 aliphatic rings. The standard InChI is InChI=1S/C39H65N3O13S/c1-3-5-7-15-46-17-19-48-21-23-50-25-27-52-29-31-54-38-14-13-37(56(44,45)42-36-11-9-35(10-12-36)41-40-34-43)33-39(38)55-32-30-53-28-26-51-24-22-49-20-18-47-16-8-6-4-2/h9-14,33-34,41-42H,3-8,15-32H2,1-2H3,(H,40,43). The number of anilines is 2. The number of amides is 1. The monoisotopic (exact) mass is 815 g/mol. The second-order valence-electron chi connectivity index (χ2n) is 12.2. The highest BCUT2D eigenvalue weighted by Gasteiger charge is 2.18. The first-order valence-electron chi connectivity index (χ1n) is 19.6. The fourth-order valence-electron chi connectivity index (χ4n) is 4.69. The molecule has 0 atom stereocenters. The van der Waals surface area contributed by atoms with Gasteiger partial charge in [0.2, 0.25) is 6.41 Å². The molecule has 3 N–H and O–H groups in total. The van der Waals surface area contributed by atoms with Gasteiger partial charge in [-0.1, -0.05) is 39.5 Å². The zero-order valence-corrected chi connectivity index (χ0v) is 34.1. The van der Waals surface area contributed by atoms with Gasteiger partial charge in [-0.05, 0) is 49.2 Å². The Morgan fingerprint density at radius 2 is 0.875 bits per heavy atom. The molecule has 56 heavy (non-hydrogen) atoms. The molecular formula is C39H65N3O13S. The molecule has 0 aromatic heterocycles. The highest BCUT2D eigenvalue weighted by atomic mass is 32.2. The Kier molecular flexibility index (Phi) is 29.5. The third-order valence-electron chi connectivity index (χ3n) is 7.63. The van der Waals surface area contributed by atoms with Crippen molar-refractivity contribution in [2.75, 3.05) is 129 Å². The van der Waals surface area contributed by atoms with Gasteiger partial charge in [0.05, 0.1) is 103 Å². The number of rotatable bonds is 40. The minimum Gasteiger partial charge on any atom is -0.487 e. The normalized spacial score (nSPS) is 11.4. The second kappa shape index (κ2) is 33.8. The Morgan fingerprint density at radius 3 is 1.30 bits per heavy atom. The Hall–Kier alpha value is -3.26. The van der Waals surface area contributed by atoms with Crippen LogP contribution in [0.2, 0.25) is 0 Å². The summed E-state index contributed by atoms with van der Waals surface area (Å²) in [5.41, 5.74) is 5.89. The van der Waals surface area contributed by atoms with E-state index < -0.39 is 10.0 Å². The van der Waals surface area contributed by atoms with Crippen molar-refractivity contribution in [2.45, 2.75) is 57.3 Å². The number of nitrogens with one attached hydrogen (secondary N) is 3. The van der Waals surface area contributed by atoms with E-state index in [-0.39, 0.29) is 37.1 Å². The predicted molar refractivity (Wildman–Crippen MR) is 213 cm³/mol. The van der Waals surface area contributed by atoms with Gasteiger partial charge in [0.15, 0.2) is 11.5 Å². The molecule has 0 spiro atoms. The largest absolute Gasteiger partial charge is 0.487 e. The average molecular weight is 816 g/mol. The number of hydrogen-bond acceptors (Lipinski definition) is 14. The van der Waals surface area contributed by atoms with Crippen LogP contribution in [-0.4, -0.2) is 134 Å². The fraction of sp³-hybridized carbons (Fsp3) is 0.667. The topological polar surface area (TPSA) is 180 Å². The van der Waals surface area contributed by atoms with E-state index in [1.54, 1.807) is 24.3 Å². The van der Waals surface area contributed by atoms with Crippen molar-refractivity contribution in [1.29, 1.82) is 0 Å². The summed E-state index contributed by atoms with van der Waals surface area (Å²) in [6.07, 6.45) is 7.34. The molecule has 2 rings (SSSR count). The van der Waals surface area contributed by atoms with Crippen LogP contribution in [0.4, 0.5) is 11.4 Å². The van der Waals surface area contributed by atoms with Gasteiger partial charge in [-0.3, -0.25) is 20.4 Å². The second-order valence-corrected chi connectivity index (χ2v) is 13.9. The van der Waals surface area contributed by atoms with Crippen LogP contribution in [-0.2, 0) is 52.7 Å². The zero-order valence-electron chi connectivity index (χ0n) is 33.3. The Labute approximate surface area is 333 Å². The first-order valence-corrected chi connectivity index (χ1v) is 21.1. The Morgan fingerprint density at radius 1 is 0.482 bits per heavy atom. The Bertz CT molecular complexity index is 1340. The Balaban J connectivity index is 1.74. The van der Waals surface area contributed by atoms with Crippen molar-refractivity contribution in [3.05, 3.63) is 42.5 Å². The van der Waals surface area contributed by atoms with Crippen molar-refractivity contribution in [3.8, 4) is 11.5 Å². The smallest absolute Gasteiger partial charge is 0.262 e. The molecule has 17 heteroatoms. The van der Waals surface area contributed by atoms with Crippen LogP contribution in [0.25, 0.3) is 0 Å². The number of ether oxygens (including phenoxy) is 10. The number of unbranched alkanes of at least 4 members (excludes halogenated alkanes) is 4.